The Balaban J connectivity index is 1.40. The molecule has 1 N–H and O–H groups in total. The van der Waals surface area contributed by atoms with Gasteiger partial charge in [-0.1, -0.05) is 27.5 Å². The summed E-state index contributed by atoms with van der Waals surface area (Å²) in [7, 11) is 0. The fourth-order valence-electron chi connectivity index (χ4n) is 4.02. The molecule has 0 radical (unpaired) electrons. The number of amides is 1. The van der Waals surface area contributed by atoms with E-state index >= 15 is 0 Å². The number of nitro benzene ring substituents is 1. The molecule has 34 heavy (non-hydrogen) atoms. The highest BCUT2D eigenvalue weighted by Gasteiger charge is 2.24. The zero-order valence-corrected chi connectivity index (χ0v) is 20.1. The van der Waals surface area contributed by atoms with Crippen molar-refractivity contribution in [3.05, 3.63) is 79.8 Å². The molecule has 172 valence electrons. The summed E-state index contributed by atoms with van der Waals surface area (Å²) in [6, 6.07) is 15.0. The number of halogens is 2. The third-order valence-electron chi connectivity index (χ3n) is 5.69. The van der Waals surface area contributed by atoms with E-state index in [1.165, 1.54) is 6.07 Å². The van der Waals surface area contributed by atoms with Crippen LogP contribution in [-0.4, -0.2) is 28.9 Å². The molecule has 5 rings (SSSR count). The van der Waals surface area contributed by atoms with Crippen LogP contribution in [0.4, 0.5) is 17.1 Å². The summed E-state index contributed by atoms with van der Waals surface area (Å²) >= 11 is 9.70. The highest BCUT2D eigenvalue weighted by Crippen LogP contribution is 2.34. The van der Waals surface area contributed by atoms with Crippen molar-refractivity contribution in [1.29, 1.82) is 0 Å². The van der Waals surface area contributed by atoms with Gasteiger partial charge >= 0.3 is 0 Å². The number of carbonyl (C=O) groups excluding carboxylic acids is 1. The molecule has 10 heteroatoms. The largest absolute Gasteiger partial charge is 0.436 e. The molecule has 1 amide bonds. The van der Waals surface area contributed by atoms with E-state index in [0.29, 0.717) is 39.0 Å². The Hall–Kier alpha value is -3.43. The zero-order chi connectivity index (χ0) is 23.8. The molecule has 8 nitrogen and oxygen atoms in total. The van der Waals surface area contributed by atoms with Crippen molar-refractivity contribution in [3.63, 3.8) is 0 Å². The second kappa shape index (κ2) is 9.08. The first-order valence-corrected chi connectivity index (χ1v) is 11.8. The van der Waals surface area contributed by atoms with Gasteiger partial charge in [0.15, 0.2) is 5.58 Å². The number of nitrogens with zero attached hydrogens (tertiary/aromatic N) is 3. The first-order valence-electron chi connectivity index (χ1n) is 10.6. The van der Waals surface area contributed by atoms with Crippen LogP contribution in [0.15, 0.2) is 63.5 Å². The Kier molecular flexibility index (Phi) is 5.97. The van der Waals surface area contributed by atoms with Crippen LogP contribution in [0.1, 0.15) is 23.2 Å². The third-order valence-corrected chi connectivity index (χ3v) is 6.51. The molecule has 0 saturated carbocycles. The fraction of sp³-hybridized carbons (Fsp3) is 0.167. The number of fused-ring (bicyclic) bond motifs is 1. The lowest BCUT2D eigenvalue weighted by Crippen LogP contribution is -2.19. The number of hydrogen-bond acceptors (Lipinski definition) is 6. The van der Waals surface area contributed by atoms with Crippen LogP contribution in [-0.2, 0) is 0 Å². The number of anilines is 2. The van der Waals surface area contributed by atoms with Crippen molar-refractivity contribution >= 4 is 61.6 Å². The Morgan fingerprint density at radius 3 is 2.68 bits per heavy atom. The Labute approximate surface area is 207 Å². The number of carbonyl (C=O) groups is 1. The lowest BCUT2D eigenvalue weighted by atomic mass is 10.1. The molecule has 0 aliphatic carbocycles. The van der Waals surface area contributed by atoms with E-state index in [9.17, 15) is 14.9 Å². The van der Waals surface area contributed by atoms with E-state index in [-0.39, 0.29) is 11.3 Å². The SMILES string of the molecule is O=C(Nc1ccc2oc(-c3cc(Br)ccc3Cl)nc2c1)c1ccc(N2CCCC2)c([N+](=O)[O-])c1. The van der Waals surface area contributed by atoms with Gasteiger partial charge in [0.25, 0.3) is 11.6 Å². The second-order valence-electron chi connectivity index (χ2n) is 7.93. The standard InChI is InChI=1S/C24H18BrClN4O4/c25-15-4-6-18(26)17(12-15)24-28-19-13-16(5-8-22(19)34-24)27-23(31)14-3-7-20(21(11-14)30(32)33)29-9-1-2-10-29/h3-8,11-13H,1-2,9-10H2,(H,27,31). The normalized spacial score (nSPS) is 13.4. The molecule has 0 bridgehead atoms. The maximum absolute atomic E-state index is 12.9. The Bertz CT molecular complexity index is 1430. The first-order chi connectivity index (χ1) is 16.4. The van der Waals surface area contributed by atoms with Crippen LogP contribution in [0.2, 0.25) is 5.02 Å². The zero-order valence-electron chi connectivity index (χ0n) is 17.8. The van der Waals surface area contributed by atoms with Gasteiger partial charge in [0.1, 0.15) is 11.2 Å². The van der Waals surface area contributed by atoms with Crippen molar-refractivity contribution in [1.82, 2.24) is 4.98 Å². The molecule has 2 heterocycles. The first kappa shape index (κ1) is 22.4. The molecule has 0 atom stereocenters. The molecule has 1 saturated heterocycles. The highest BCUT2D eigenvalue weighted by atomic mass is 79.9. The van der Waals surface area contributed by atoms with E-state index in [4.69, 9.17) is 16.0 Å². The van der Waals surface area contributed by atoms with Gasteiger partial charge in [-0.3, -0.25) is 14.9 Å². The van der Waals surface area contributed by atoms with Crippen molar-refractivity contribution in [3.8, 4) is 11.5 Å². The summed E-state index contributed by atoms with van der Waals surface area (Å²) in [6.45, 7) is 1.55. The van der Waals surface area contributed by atoms with E-state index in [2.05, 4.69) is 26.2 Å². The van der Waals surface area contributed by atoms with Gasteiger partial charge in [-0.25, -0.2) is 4.98 Å². The minimum atomic E-state index is -0.450. The average molecular weight is 542 g/mol. The minimum Gasteiger partial charge on any atom is -0.436 e. The van der Waals surface area contributed by atoms with Gasteiger partial charge in [-0.2, -0.15) is 0 Å². The number of nitro groups is 1. The molecule has 1 aromatic heterocycles. The van der Waals surface area contributed by atoms with Gasteiger partial charge in [0.2, 0.25) is 5.89 Å². The summed E-state index contributed by atoms with van der Waals surface area (Å²) in [5.41, 5.74) is 2.89. The predicted molar refractivity (Wildman–Crippen MR) is 135 cm³/mol. The van der Waals surface area contributed by atoms with Crippen molar-refractivity contribution in [2.24, 2.45) is 0 Å². The molecule has 4 aromatic rings. The molecule has 1 fully saturated rings. The van der Waals surface area contributed by atoms with Crippen LogP contribution in [0, 0.1) is 10.1 Å². The molecule has 1 aliphatic heterocycles. The number of nitrogens with one attached hydrogen (secondary N) is 1. The Morgan fingerprint density at radius 1 is 1.12 bits per heavy atom. The molecule has 0 spiro atoms. The number of rotatable bonds is 5. The third kappa shape index (κ3) is 4.36. The molecular weight excluding hydrogens is 524 g/mol. The monoisotopic (exact) mass is 540 g/mol. The van der Waals surface area contributed by atoms with Crippen LogP contribution in [0.5, 0.6) is 0 Å². The molecule has 0 unspecified atom stereocenters. The smallest absolute Gasteiger partial charge is 0.293 e. The van der Waals surface area contributed by atoms with Gasteiger partial charge in [-0.05, 0) is 61.4 Å². The van der Waals surface area contributed by atoms with Crippen LogP contribution in [0.3, 0.4) is 0 Å². The number of hydrogen-bond donors (Lipinski definition) is 1. The highest BCUT2D eigenvalue weighted by molar-refractivity contribution is 9.10. The van der Waals surface area contributed by atoms with Gasteiger partial charge < -0.3 is 14.6 Å². The van der Waals surface area contributed by atoms with E-state index in [0.717, 1.165) is 30.4 Å². The van der Waals surface area contributed by atoms with Crippen LogP contribution >= 0.6 is 27.5 Å². The average Bonchev–Trinajstić information content (AvgIpc) is 3.50. The van der Waals surface area contributed by atoms with Crippen molar-refractivity contribution in [2.75, 3.05) is 23.3 Å². The lowest BCUT2D eigenvalue weighted by molar-refractivity contribution is -0.384. The van der Waals surface area contributed by atoms with Gasteiger partial charge in [0, 0.05) is 34.9 Å². The predicted octanol–water partition coefficient (Wildman–Crippen LogP) is 6.67. The summed E-state index contributed by atoms with van der Waals surface area (Å²) in [5, 5.41) is 14.9. The number of benzene rings is 3. The summed E-state index contributed by atoms with van der Waals surface area (Å²) in [4.78, 5) is 30.5. The lowest BCUT2D eigenvalue weighted by Gasteiger charge is -2.17. The maximum Gasteiger partial charge on any atom is 0.293 e. The second-order valence-corrected chi connectivity index (χ2v) is 9.26. The summed E-state index contributed by atoms with van der Waals surface area (Å²) in [6.07, 6.45) is 2.00. The van der Waals surface area contributed by atoms with E-state index < -0.39 is 10.8 Å². The maximum atomic E-state index is 12.9. The summed E-state index contributed by atoms with van der Waals surface area (Å²) < 4.78 is 6.67. The van der Waals surface area contributed by atoms with E-state index in [1.807, 2.05) is 17.0 Å². The van der Waals surface area contributed by atoms with Gasteiger partial charge in [-0.15, -0.1) is 0 Å². The fourth-order valence-corrected chi connectivity index (χ4v) is 4.58. The topological polar surface area (TPSA) is 102 Å². The molecular formula is C24H18BrClN4O4. The molecule has 3 aromatic carbocycles. The Morgan fingerprint density at radius 2 is 1.91 bits per heavy atom. The van der Waals surface area contributed by atoms with Crippen LogP contribution in [0.25, 0.3) is 22.6 Å². The molecule has 1 aliphatic rings. The minimum absolute atomic E-state index is 0.0722. The van der Waals surface area contributed by atoms with Gasteiger partial charge in [0.05, 0.1) is 15.5 Å². The number of aromatic nitrogens is 1. The van der Waals surface area contributed by atoms with Crippen molar-refractivity contribution in [2.45, 2.75) is 12.8 Å². The quantitative estimate of drug-likeness (QED) is 0.224. The number of oxazole rings is 1. The van der Waals surface area contributed by atoms with Crippen LogP contribution < -0.4 is 10.2 Å². The van der Waals surface area contributed by atoms with E-state index in [1.54, 1.807) is 36.4 Å². The summed E-state index contributed by atoms with van der Waals surface area (Å²) in [5.74, 6) is -0.0907. The van der Waals surface area contributed by atoms with Crippen molar-refractivity contribution < 1.29 is 14.1 Å².